The SMILES string of the molecule is CCN1CCN(C(=O)C2CCN(Cc3ccc(F)cc3)CC2)CC1. The minimum atomic E-state index is -0.189. The van der Waals surface area contributed by atoms with E-state index < -0.39 is 0 Å². The maximum Gasteiger partial charge on any atom is 0.225 e. The molecule has 5 heteroatoms. The lowest BCUT2D eigenvalue weighted by molar-refractivity contribution is -0.138. The summed E-state index contributed by atoms with van der Waals surface area (Å²) in [4.78, 5) is 19.5. The predicted molar refractivity (Wildman–Crippen MR) is 93.1 cm³/mol. The van der Waals surface area contributed by atoms with Gasteiger partial charge in [-0.1, -0.05) is 19.1 Å². The highest BCUT2D eigenvalue weighted by Gasteiger charge is 2.30. The largest absolute Gasteiger partial charge is 0.340 e. The lowest BCUT2D eigenvalue weighted by Gasteiger charge is -2.38. The van der Waals surface area contributed by atoms with E-state index in [9.17, 15) is 9.18 Å². The van der Waals surface area contributed by atoms with Crippen molar-refractivity contribution in [3.8, 4) is 0 Å². The first-order chi connectivity index (χ1) is 11.7. The Bertz CT molecular complexity index is 532. The Balaban J connectivity index is 1.44. The van der Waals surface area contributed by atoms with E-state index >= 15 is 0 Å². The first-order valence-corrected chi connectivity index (χ1v) is 9.13. The number of likely N-dealkylation sites (N-methyl/N-ethyl adjacent to an activating group) is 1. The molecular formula is C19H28FN3O. The standard InChI is InChI=1S/C19H28FN3O/c1-2-21-11-13-23(14-12-21)19(24)17-7-9-22(10-8-17)15-16-3-5-18(20)6-4-16/h3-6,17H,2,7-15H2,1H3. The maximum atomic E-state index is 13.0. The molecule has 0 N–H and O–H groups in total. The summed E-state index contributed by atoms with van der Waals surface area (Å²) in [6.07, 6.45) is 1.88. The Morgan fingerprint density at radius 2 is 1.62 bits per heavy atom. The Hall–Kier alpha value is -1.46. The summed E-state index contributed by atoms with van der Waals surface area (Å²) in [5, 5.41) is 0. The van der Waals surface area contributed by atoms with Gasteiger partial charge in [-0.15, -0.1) is 0 Å². The second kappa shape index (κ2) is 8.08. The van der Waals surface area contributed by atoms with Crippen LogP contribution in [0.4, 0.5) is 4.39 Å². The van der Waals surface area contributed by atoms with Crippen LogP contribution in [-0.4, -0.2) is 66.4 Å². The molecule has 0 bridgehead atoms. The normalized spacial score (nSPS) is 21.2. The number of hydrogen-bond acceptors (Lipinski definition) is 3. The van der Waals surface area contributed by atoms with Crippen molar-refractivity contribution in [1.29, 1.82) is 0 Å². The van der Waals surface area contributed by atoms with Gasteiger partial charge in [0.25, 0.3) is 0 Å². The summed E-state index contributed by atoms with van der Waals surface area (Å²) in [7, 11) is 0. The molecule has 2 heterocycles. The van der Waals surface area contributed by atoms with Crippen molar-refractivity contribution >= 4 is 5.91 Å². The fourth-order valence-electron chi connectivity index (χ4n) is 3.73. The van der Waals surface area contributed by atoms with Gasteiger partial charge in [0, 0.05) is 38.6 Å². The number of piperidine rings is 1. The summed E-state index contributed by atoms with van der Waals surface area (Å²) in [6, 6.07) is 6.72. The van der Waals surface area contributed by atoms with E-state index in [1.54, 1.807) is 0 Å². The molecule has 0 aliphatic carbocycles. The third-order valence-corrected chi connectivity index (χ3v) is 5.39. The Morgan fingerprint density at radius 3 is 2.21 bits per heavy atom. The molecule has 0 aromatic heterocycles. The maximum absolute atomic E-state index is 13.0. The lowest BCUT2D eigenvalue weighted by atomic mass is 9.94. The van der Waals surface area contributed by atoms with Gasteiger partial charge in [0.15, 0.2) is 0 Å². The number of nitrogens with zero attached hydrogens (tertiary/aromatic N) is 3. The van der Waals surface area contributed by atoms with Crippen molar-refractivity contribution in [2.45, 2.75) is 26.3 Å². The van der Waals surface area contributed by atoms with E-state index in [0.717, 1.165) is 70.8 Å². The molecule has 1 aromatic carbocycles. The number of likely N-dealkylation sites (tertiary alicyclic amines) is 1. The molecule has 4 nitrogen and oxygen atoms in total. The van der Waals surface area contributed by atoms with Gasteiger partial charge < -0.3 is 9.80 Å². The van der Waals surface area contributed by atoms with Gasteiger partial charge in [0.05, 0.1) is 0 Å². The number of carbonyl (C=O) groups is 1. The fourth-order valence-corrected chi connectivity index (χ4v) is 3.73. The van der Waals surface area contributed by atoms with Gasteiger partial charge >= 0.3 is 0 Å². The smallest absolute Gasteiger partial charge is 0.225 e. The molecule has 2 fully saturated rings. The molecule has 24 heavy (non-hydrogen) atoms. The first kappa shape index (κ1) is 17.4. The second-order valence-corrected chi connectivity index (χ2v) is 6.94. The minimum Gasteiger partial charge on any atom is -0.340 e. The second-order valence-electron chi connectivity index (χ2n) is 6.94. The van der Waals surface area contributed by atoms with Crippen LogP contribution in [0.1, 0.15) is 25.3 Å². The third kappa shape index (κ3) is 4.33. The molecule has 0 atom stereocenters. The average molecular weight is 333 g/mol. The van der Waals surface area contributed by atoms with Crippen molar-refractivity contribution in [2.75, 3.05) is 45.8 Å². The molecule has 0 radical (unpaired) electrons. The van der Waals surface area contributed by atoms with Gasteiger partial charge in [-0.2, -0.15) is 0 Å². The monoisotopic (exact) mass is 333 g/mol. The Labute approximate surface area is 144 Å². The van der Waals surface area contributed by atoms with Crippen LogP contribution in [0.2, 0.25) is 0 Å². The van der Waals surface area contributed by atoms with E-state index in [4.69, 9.17) is 0 Å². The number of piperazine rings is 1. The van der Waals surface area contributed by atoms with Gasteiger partial charge in [-0.05, 0) is 50.2 Å². The third-order valence-electron chi connectivity index (χ3n) is 5.39. The van der Waals surface area contributed by atoms with Crippen LogP contribution < -0.4 is 0 Å². The molecular weight excluding hydrogens is 305 g/mol. The van der Waals surface area contributed by atoms with Crippen LogP contribution >= 0.6 is 0 Å². The number of carbonyl (C=O) groups excluding carboxylic acids is 1. The van der Waals surface area contributed by atoms with E-state index in [1.807, 2.05) is 12.1 Å². The van der Waals surface area contributed by atoms with Gasteiger partial charge in [0.1, 0.15) is 5.82 Å². The Kier molecular flexibility index (Phi) is 5.85. The number of amides is 1. The first-order valence-electron chi connectivity index (χ1n) is 9.13. The van der Waals surface area contributed by atoms with Gasteiger partial charge in [-0.25, -0.2) is 4.39 Å². The number of halogens is 1. The van der Waals surface area contributed by atoms with Crippen LogP contribution in [0, 0.1) is 11.7 Å². The van der Waals surface area contributed by atoms with Crippen molar-refractivity contribution in [2.24, 2.45) is 5.92 Å². The molecule has 2 saturated heterocycles. The highest BCUT2D eigenvalue weighted by molar-refractivity contribution is 5.79. The summed E-state index contributed by atoms with van der Waals surface area (Å²) >= 11 is 0. The predicted octanol–water partition coefficient (Wildman–Crippen LogP) is 2.20. The summed E-state index contributed by atoms with van der Waals surface area (Å²) in [6.45, 7) is 9.75. The summed E-state index contributed by atoms with van der Waals surface area (Å²) < 4.78 is 13.0. The highest BCUT2D eigenvalue weighted by atomic mass is 19.1. The number of benzene rings is 1. The van der Waals surface area contributed by atoms with Crippen molar-refractivity contribution < 1.29 is 9.18 Å². The van der Waals surface area contributed by atoms with Gasteiger partial charge in [0.2, 0.25) is 5.91 Å². The lowest BCUT2D eigenvalue weighted by Crippen LogP contribution is -2.51. The van der Waals surface area contributed by atoms with E-state index in [0.29, 0.717) is 5.91 Å². The molecule has 0 unspecified atom stereocenters. The van der Waals surface area contributed by atoms with Crippen molar-refractivity contribution in [1.82, 2.24) is 14.7 Å². The number of rotatable bonds is 4. The van der Waals surface area contributed by atoms with E-state index in [2.05, 4.69) is 21.6 Å². The topological polar surface area (TPSA) is 26.8 Å². The minimum absolute atomic E-state index is 0.183. The molecule has 3 rings (SSSR count). The molecule has 1 aromatic rings. The zero-order valence-corrected chi connectivity index (χ0v) is 14.6. The average Bonchev–Trinajstić information content (AvgIpc) is 2.64. The van der Waals surface area contributed by atoms with Crippen molar-refractivity contribution in [3.05, 3.63) is 35.6 Å². The van der Waals surface area contributed by atoms with E-state index in [1.165, 1.54) is 12.1 Å². The molecule has 0 spiro atoms. The quantitative estimate of drug-likeness (QED) is 0.845. The summed E-state index contributed by atoms with van der Waals surface area (Å²) in [5.74, 6) is 0.348. The molecule has 2 aliphatic rings. The zero-order chi connectivity index (χ0) is 16.9. The zero-order valence-electron chi connectivity index (χ0n) is 14.6. The van der Waals surface area contributed by atoms with Crippen LogP contribution in [0.15, 0.2) is 24.3 Å². The molecule has 0 saturated carbocycles. The molecule has 1 amide bonds. The van der Waals surface area contributed by atoms with Crippen LogP contribution in [0.3, 0.4) is 0 Å². The summed E-state index contributed by atoms with van der Waals surface area (Å²) in [5.41, 5.74) is 1.14. The van der Waals surface area contributed by atoms with E-state index in [-0.39, 0.29) is 11.7 Å². The number of hydrogen-bond donors (Lipinski definition) is 0. The van der Waals surface area contributed by atoms with Crippen molar-refractivity contribution in [3.63, 3.8) is 0 Å². The Morgan fingerprint density at radius 1 is 1.00 bits per heavy atom. The van der Waals surface area contributed by atoms with Gasteiger partial charge in [-0.3, -0.25) is 9.69 Å². The molecule has 132 valence electrons. The van der Waals surface area contributed by atoms with Crippen LogP contribution in [0.25, 0.3) is 0 Å². The van der Waals surface area contributed by atoms with Crippen LogP contribution in [-0.2, 0) is 11.3 Å². The molecule has 2 aliphatic heterocycles. The highest BCUT2D eigenvalue weighted by Crippen LogP contribution is 2.22. The fraction of sp³-hybridized carbons (Fsp3) is 0.632. The van der Waals surface area contributed by atoms with Crippen LogP contribution in [0.5, 0.6) is 0 Å².